The smallest absolute Gasteiger partial charge is 0.189 e. The maximum atomic E-state index is 12.7. The lowest BCUT2D eigenvalue weighted by molar-refractivity contribution is 0.0760. The van der Waals surface area contributed by atoms with Crippen molar-refractivity contribution in [1.82, 2.24) is 0 Å². The molecule has 0 aliphatic heterocycles. The topological polar surface area (TPSA) is 26.3 Å². The molecule has 0 aliphatic carbocycles. The third kappa shape index (κ3) is 3.72. The summed E-state index contributed by atoms with van der Waals surface area (Å²) in [6.07, 6.45) is 0.873. The first-order valence-electron chi connectivity index (χ1n) is 4.71. The molecule has 4 heteroatoms. The third-order valence-corrected chi connectivity index (χ3v) is 2.47. The summed E-state index contributed by atoms with van der Waals surface area (Å²) in [5.41, 5.74) is 0.451. The molecule has 0 heterocycles. The van der Waals surface area contributed by atoms with Gasteiger partial charge in [-0.1, -0.05) is 6.92 Å². The van der Waals surface area contributed by atoms with Crippen molar-refractivity contribution in [3.63, 3.8) is 0 Å². The maximum Gasteiger partial charge on any atom is 0.189 e. The lowest BCUT2D eigenvalue weighted by Gasteiger charge is -2.04. The fourth-order valence-corrected chi connectivity index (χ4v) is 1.67. The van der Waals surface area contributed by atoms with Crippen molar-refractivity contribution in [2.75, 3.05) is 13.2 Å². The van der Waals surface area contributed by atoms with Gasteiger partial charge in [0.15, 0.2) is 5.78 Å². The molecular weight excluding hydrogens is 263 g/mol. The monoisotopic (exact) mass is 274 g/mol. The number of ketones is 1. The fourth-order valence-electron chi connectivity index (χ4n) is 1.10. The molecule has 82 valence electrons. The maximum absolute atomic E-state index is 12.7. The Morgan fingerprint density at radius 1 is 1.53 bits per heavy atom. The van der Waals surface area contributed by atoms with E-state index >= 15 is 0 Å². The molecule has 0 radical (unpaired) electrons. The van der Waals surface area contributed by atoms with Crippen LogP contribution in [0.1, 0.15) is 23.7 Å². The molecule has 0 bridgehead atoms. The predicted octanol–water partition coefficient (Wildman–Crippen LogP) is 3.20. The Hall–Kier alpha value is -0.740. The van der Waals surface area contributed by atoms with E-state index in [4.69, 9.17) is 4.74 Å². The number of hydrogen-bond donors (Lipinski definition) is 0. The highest BCUT2D eigenvalue weighted by molar-refractivity contribution is 9.10. The van der Waals surface area contributed by atoms with E-state index in [9.17, 15) is 9.18 Å². The molecular formula is C11H12BrFO2. The fraction of sp³-hybridized carbons (Fsp3) is 0.364. The zero-order chi connectivity index (χ0) is 11.3. The first kappa shape index (κ1) is 12.3. The van der Waals surface area contributed by atoms with Crippen LogP contribution in [0.5, 0.6) is 0 Å². The Bertz CT molecular complexity index is 352. The molecule has 0 unspecified atom stereocenters. The van der Waals surface area contributed by atoms with Crippen LogP contribution in [0.3, 0.4) is 0 Å². The average Bonchev–Trinajstić information content (AvgIpc) is 2.17. The number of benzene rings is 1. The molecule has 0 saturated heterocycles. The van der Waals surface area contributed by atoms with E-state index in [2.05, 4.69) is 15.9 Å². The van der Waals surface area contributed by atoms with Crippen LogP contribution in [0.25, 0.3) is 0 Å². The van der Waals surface area contributed by atoms with E-state index in [1.807, 2.05) is 6.92 Å². The first-order chi connectivity index (χ1) is 7.15. The average molecular weight is 275 g/mol. The molecule has 0 atom stereocenters. The van der Waals surface area contributed by atoms with Gasteiger partial charge in [-0.2, -0.15) is 0 Å². The van der Waals surface area contributed by atoms with Gasteiger partial charge >= 0.3 is 0 Å². The highest BCUT2D eigenvalue weighted by Crippen LogP contribution is 2.18. The largest absolute Gasteiger partial charge is 0.373 e. The summed E-state index contributed by atoms with van der Waals surface area (Å²) in [5.74, 6) is -0.511. The number of carbonyl (C=O) groups is 1. The van der Waals surface area contributed by atoms with E-state index < -0.39 is 0 Å². The van der Waals surface area contributed by atoms with Crippen molar-refractivity contribution >= 4 is 21.7 Å². The number of rotatable bonds is 5. The van der Waals surface area contributed by atoms with E-state index in [0.29, 0.717) is 16.6 Å². The van der Waals surface area contributed by atoms with Crippen LogP contribution in [0, 0.1) is 5.82 Å². The molecule has 0 saturated carbocycles. The molecule has 15 heavy (non-hydrogen) atoms. The number of ether oxygens (including phenoxy) is 1. The molecule has 2 nitrogen and oxygen atoms in total. The van der Waals surface area contributed by atoms with E-state index in [-0.39, 0.29) is 18.2 Å². The van der Waals surface area contributed by atoms with E-state index in [0.717, 1.165) is 6.42 Å². The molecule has 0 aliphatic rings. The summed E-state index contributed by atoms with van der Waals surface area (Å²) in [5, 5.41) is 0. The summed E-state index contributed by atoms with van der Waals surface area (Å²) >= 11 is 3.14. The molecule has 1 aromatic carbocycles. The molecule has 0 N–H and O–H groups in total. The van der Waals surface area contributed by atoms with Gasteiger partial charge < -0.3 is 4.74 Å². The van der Waals surface area contributed by atoms with Gasteiger partial charge in [-0.05, 0) is 40.5 Å². The number of carbonyl (C=O) groups excluding carboxylic acids is 1. The molecule has 0 amide bonds. The predicted molar refractivity (Wildman–Crippen MR) is 59.5 cm³/mol. The second-order valence-corrected chi connectivity index (χ2v) is 3.95. The van der Waals surface area contributed by atoms with Crippen LogP contribution in [0.15, 0.2) is 22.7 Å². The van der Waals surface area contributed by atoms with Gasteiger partial charge in [0.25, 0.3) is 0 Å². The Labute approximate surface area is 96.6 Å². The van der Waals surface area contributed by atoms with Crippen molar-refractivity contribution in [2.24, 2.45) is 0 Å². The highest BCUT2D eigenvalue weighted by atomic mass is 79.9. The number of Topliss-reactive ketones (excluding diaryl/α,β-unsaturated/α-hetero) is 1. The minimum Gasteiger partial charge on any atom is -0.373 e. The normalized spacial score (nSPS) is 10.3. The van der Waals surface area contributed by atoms with Crippen molar-refractivity contribution < 1.29 is 13.9 Å². The molecule has 0 spiro atoms. The highest BCUT2D eigenvalue weighted by Gasteiger charge is 2.10. The lowest BCUT2D eigenvalue weighted by Crippen LogP contribution is -2.10. The molecule has 1 rings (SSSR count). The molecule has 1 aromatic rings. The standard InChI is InChI=1S/C11H12BrFO2/c1-2-5-15-7-11(14)9-4-3-8(13)6-10(9)12/h3-4,6H,2,5,7H2,1H3. The Kier molecular flexibility index (Phi) is 4.91. The van der Waals surface area contributed by atoms with Crippen molar-refractivity contribution in [3.8, 4) is 0 Å². The van der Waals surface area contributed by atoms with Gasteiger partial charge in [0.2, 0.25) is 0 Å². The van der Waals surface area contributed by atoms with Crippen LogP contribution < -0.4 is 0 Å². The van der Waals surface area contributed by atoms with Crippen molar-refractivity contribution in [2.45, 2.75) is 13.3 Å². The van der Waals surface area contributed by atoms with Crippen molar-refractivity contribution in [1.29, 1.82) is 0 Å². The van der Waals surface area contributed by atoms with Gasteiger partial charge in [0, 0.05) is 16.6 Å². The van der Waals surface area contributed by atoms with Gasteiger partial charge in [0.1, 0.15) is 12.4 Å². The van der Waals surface area contributed by atoms with Crippen molar-refractivity contribution in [3.05, 3.63) is 34.1 Å². The Morgan fingerprint density at radius 3 is 2.87 bits per heavy atom. The zero-order valence-corrected chi connectivity index (χ0v) is 10.0. The van der Waals surface area contributed by atoms with Crippen LogP contribution in [-0.2, 0) is 4.74 Å². The molecule has 0 aromatic heterocycles. The second-order valence-electron chi connectivity index (χ2n) is 3.10. The minimum atomic E-state index is -0.368. The van der Waals surface area contributed by atoms with Crippen LogP contribution in [-0.4, -0.2) is 19.0 Å². The quantitative estimate of drug-likeness (QED) is 0.609. The number of halogens is 2. The number of hydrogen-bond acceptors (Lipinski definition) is 2. The van der Waals surface area contributed by atoms with E-state index in [1.165, 1.54) is 18.2 Å². The SMILES string of the molecule is CCCOCC(=O)c1ccc(F)cc1Br. The second kappa shape index (κ2) is 5.98. The Morgan fingerprint density at radius 2 is 2.27 bits per heavy atom. The van der Waals surface area contributed by atoms with Gasteiger partial charge in [-0.15, -0.1) is 0 Å². The van der Waals surface area contributed by atoms with Gasteiger partial charge in [-0.25, -0.2) is 4.39 Å². The van der Waals surface area contributed by atoms with Crippen LogP contribution in [0.2, 0.25) is 0 Å². The zero-order valence-electron chi connectivity index (χ0n) is 8.43. The minimum absolute atomic E-state index is 0.0398. The lowest BCUT2D eigenvalue weighted by atomic mass is 10.1. The van der Waals surface area contributed by atoms with Crippen LogP contribution in [0.4, 0.5) is 4.39 Å². The summed E-state index contributed by atoms with van der Waals surface area (Å²) in [6.45, 7) is 2.57. The first-order valence-corrected chi connectivity index (χ1v) is 5.50. The van der Waals surface area contributed by atoms with Gasteiger partial charge in [-0.3, -0.25) is 4.79 Å². The summed E-state index contributed by atoms with van der Waals surface area (Å²) in [6, 6.07) is 3.99. The van der Waals surface area contributed by atoms with E-state index in [1.54, 1.807) is 0 Å². The third-order valence-electron chi connectivity index (χ3n) is 1.81. The Balaban J connectivity index is 2.65. The van der Waals surface area contributed by atoms with Crippen LogP contribution >= 0.6 is 15.9 Å². The molecule has 0 fully saturated rings. The summed E-state index contributed by atoms with van der Waals surface area (Å²) in [4.78, 5) is 11.6. The van der Waals surface area contributed by atoms with Gasteiger partial charge in [0.05, 0.1) is 0 Å². The summed E-state index contributed by atoms with van der Waals surface area (Å²) < 4.78 is 18.3. The summed E-state index contributed by atoms with van der Waals surface area (Å²) in [7, 11) is 0.